The molecule has 1 heterocycles. The molecule has 1 saturated heterocycles. The average Bonchev–Trinajstić information content (AvgIpc) is 3.06. The Balaban J connectivity index is 2.46. The highest BCUT2D eigenvalue weighted by atomic mass is 32.3. The van der Waals surface area contributed by atoms with Crippen molar-refractivity contribution in [3.05, 3.63) is 12.2 Å². The fourth-order valence-electron chi connectivity index (χ4n) is 5.87. The maximum absolute atomic E-state index is 12.9. The lowest BCUT2D eigenvalue weighted by atomic mass is 9.99. The lowest BCUT2D eigenvalue weighted by Gasteiger charge is -2.41. The molecule has 0 aliphatic carbocycles. The summed E-state index contributed by atoms with van der Waals surface area (Å²) < 4.78 is 46.9. The highest BCUT2D eigenvalue weighted by Gasteiger charge is 2.48. The lowest BCUT2D eigenvalue weighted by molar-refractivity contribution is -0.298. The molecule has 14 heteroatoms. The number of aliphatic hydroxyl groups excluding tert-OH is 5. The Labute approximate surface area is 294 Å². The molecule has 0 bridgehead atoms. The van der Waals surface area contributed by atoms with Crippen molar-refractivity contribution < 1.29 is 57.0 Å². The summed E-state index contributed by atoms with van der Waals surface area (Å²) >= 11 is 0. The van der Waals surface area contributed by atoms with Crippen molar-refractivity contribution in [3.8, 4) is 0 Å². The van der Waals surface area contributed by atoms with E-state index in [0.717, 1.165) is 44.9 Å². The minimum absolute atomic E-state index is 0.245. The van der Waals surface area contributed by atoms with Crippen LogP contribution < -0.4 is 5.32 Å². The van der Waals surface area contributed by atoms with Gasteiger partial charge in [0.25, 0.3) is 0 Å². The molecule has 290 valence electrons. The van der Waals surface area contributed by atoms with E-state index >= 15 is 0 Å². The van der Waals surface area contributed by atoms with Gasteiger partial charge in [0.1, 0.15) is 30.5 Å². The molecular weight excluding hydrogens is 658 g/mol. The van der Waals surface area contributed by atoms with E-state index in [1.807, 2.05) is 6.92 Å². The summed E-state index contributed by atoms with van der Waals surface area (Å²) in [5.74, 6) is -0.691. The molecule has 1 aliphatic rings. The van der Waals surface area contributed by atoms with Crippen molar-refractivity contribution in [3.63, 3.8) is 0 Å². The number of hydrogen-bond donors (Lipinski definition) is 7. The summed E-state index contributed by atoms with van der Waals surface area (Å²) in [5.41, 5.74) is 0. The predicted octanol–water partition coefficient (Wildman–Crippen LogP) is 4.23. The Kier molecular flexibility index (Phi) is 25.7. The first kappa shape index (κ1) is 45.8. The van der Waals surface area contributed by atoms with Crippen molar-refractivity contribution >= 4 is 16.3 Å². The van der Waals surface area contributed by atoms with Gasteiger partial charge in [0, 0.05) is 0 Å². The number of carbonyl (C=O) groups is 1. The van der Waals surface area contributed by atoms with Crippen LogP contribution in [-0.4, -0.2) is 107 Å². The van der Waals surface area contributed by atoms with Crippen LogP contribution in [-0.2, 0) is 28.9 Å². The maximum Gasteiger partial charge on any atom is 0.397 e. The van der Waals surface area contributed by atoms with E-state index in [1.54, 1.807) is 0 Å². The zero-order chi connectivity index (χ0) is 36.5. The van der Waals surface area contributed by atoms with Crippen molar-refractivity contribution in [2.75, 3.05) is 13.2 Å². The van der Waals surface area contributed by atoms with Crippen LogP contribution in [0.2, 0.25) is 0 Å². The molecule has 0 spiro atoms. The SMILES string of the molecule is CCCCCCCCCCC/C=C\CCCCCCC(O)C(=O)NC(COC1OC(CO)C(O)C(OS(=O)(=O)O)C1O)C(O)CCCCC. The highest BCUT2D eigenvalue weighted by molar-refractivity contribution is 7.80. The Morgan fingerprint density at radius 1 is 0.796 bits per heavy atom. The molecule has 8 atom stereocenters. The van der Waals surface area contributed by atoms with Crippen molar-refractivity contribution in [2.45, 2.75) is 191 Å². The van der Waals surface area contributed by atoms with E-state index in [9.17, 15) is 38.7 Å². The topological polar surface area (TPSA) is 212 Å². The molecule has 8 unspecified atom stereocenters. The second kappa shape index (κ2) is 27.5. The standard InChI is InChI=1S/C35H67NO12S/c1-3-5-7-8-9-10-11-12-13-14-15-16-17-18-19-20-22-24-29(39)34(42)36-27(28(38)23-21-6-4-2)26-46-35-32(41)33(48-49(43,44)45)31(40)30(25-37)47-35/h15-16,27-33,35,37-41H,3-14,17-26H2,1-2H3,(H,36,42)(H,43,44,45)/b16-15-. The fourth-order valence-corrected chi connectivity index (χ4v) is 6.38. The van der Waals surface area contributed by atoms with Gasteiger partial charge in [0.15, 0.2) is 6.29 Å². The summed E-state index contributed by atoms with van der Waals surface area (Å²) in [6.45, 7) is 3.03. The monoisotopic (exact) mass is 725 g/mol. The van der Waals surface area contributed by atoms with Crippen LogP contribution in [0.15, 0.2) is 12.2 Å². The van der Waals surface area contributed by atoms with E-state index in [-0.39, 0.29) is 6.42 Å². The van der Waals surface area contributed by atoms with E-state index in [4.69, 9.17) is 14.0 Å². The summed E-state index contributed by atoms with van der Waals surface area (Å²) in [6, 6.07) is -1.03. The minimum Gasteiger partial charge on any atom is -0.394 e. The molecule has 49 heavy (non-hydrogen) atoms. The van der Waals surface area contributed by atoms with Gasteiger partial charge in [-0.15, -0.1) is 0 Å². The third-order valence-electron chi connectivity index (χ3n) is 8.93. The molecule has 1 aliphatic heterocycles. The molecule has 1 amide bonds. The third-order valence-corrected chi connectivity index (χ3v) is 9.40. The van der Waals surface area contributed by atoms with Crippen LogP contribution in [0.3, 0.4) is 0 Å². The van der Waals surface area contributed by atoms with Crippen LogP contribution in [0.5, 0.6) is 0 Å². The number of allylic oxidation sites excluding steroid dienone is 2. The van der Waals surface area contributed by atoms with Gasteiger partial charge in [-0.3, -0.25) is 9.35 Å². The van der Waals surface area contributed by atoms with Gasteiger partial charge in [-0.25, -0.2) is 4.18 Å². The van der Waals surface area contributed by atoms with Gasteiger partial charge in [-0.05, 0) is 38.5 Å². The fraction of sp³-hybridized carbons (Fsp3) is 0.914. The Bertz CT molecular complexity index is 968. The molecule has 0 aromatic heterocycles. The highest BCUT2D eigenvalue weighted by Crippen LogP contribution is 2.26. The first-order valence-electron chi connectivity index (χ1n) is 18.7. The van der Waals surface area contributed by atoms with Crippen LogP contribution in [0.1, 0.15) is 142 Å². The largest absolute Gasteiger partial charge is 0.397 e. The number of ether oxygens (including phenoxy) is 2. The van der Waals surface area contributed by atoms with E-state index in [2.05, 4.69) is 28.6 Å². The number of aliphatic hydroxyl groups is 5. The Morgan fingerprint density at radius 2 is 1.31 bits per heavy atom. The molecule has 13 nitrogen and oxygen atoms in total. The van der Waals surface area contributed by atoms with E-state index in [1.165, 1.54) is 57.8 Å². The second-order valence-corrected chi connectivity index (χ2v) is 14.4. The van der Waals surface area contributed by atoms with Crippen LogP contribution in [0.4, 0.5) is 0 Å². The van der Waals surface area contributed by atoms with Crippen LogP contribution in [0, 0.1) is 0 Å². The summed E-state index contributed by atoms with van der Waals surface area (Å²) in [4.78, 5) is 12.9. The number of amides is 1. The molecule has 0 aromatic rings. The van der Waals surface area contributed by atoms with Gasteiger partial charge in [0.2, 0.25) is 5.91 Å². The van der Waals surface area contributed by atoms with Gasteiger partial charge >= 0.3 is 10.4 Å². The zero-order valence-electron chi connectivity index (χ0n) is 29.9. The van der Waals surface area contributed by atoms with Crippen molar-refractivity contribution in [1.29, 1.82) is 0 Å². The molecule has 1 rings (SSSR count). The van der Waals surface area contributed by atoms with Gasteiger partial charge < -0.3 is 40.3 Å². The number of nitrogens with one attached hydrogen (secondary N) is 1. The van der Waals surface area contributed by atoms with Gasteiger partial charge in [-0.1, -0.05) is 116 Å². The number of unbranched alkanes of at least 4 members (excludes halogenated alkanes) is 15. The quantitative estimate of drug-likeness (QED) is 0.0315. The third kappa shape index (κ3) is 21.0. The number of hydrogen-bond acceptors (Lipinski definition) is 11. The first-order valence-corrected chi connectivity index (χ1v) is 20.0. The summed E-state index contributed by atoms with van der Waals surface area (Å²) in [6.07, 6.45) is 14.0. The van der Waals surface area contributed by atoms with Crippen molar-refractivity contribution in [2.24, 2.45) is 0 Å². The number of carbonyl (C=O) groups excluding carboxylic acids is 1. The lowest BCUT2D eigenvalue weighted by Crippen LogP contribution is -2.61. The van der Waals surface area contributed by atoms with Crippen molar-refractivity contribution in [1.82, 2.24) is 5.32 Å². The smallest absolute Gasteiger partial charge is 0.394 e. The van der Waals surface area contributed by atoms with E-state index in [0.29, 0.717) is 19.3 Å². The average molecular weight is 726 g/mol. The second-order valence-electron chi connectivity index (χ2n) is 13.3. The maximum atomic E-state index is 12.9. The molecular formula is C35H67NO12S. The first-order chi connectivity index (χ1) is 23.4. The molecule has 0 aromatic carbocycles. The van der Waals surface area contributed by atoms with E-state index < -0.39 is 78.5 Å². The Hall–Kier alpha value is -1.20. The molecule has 0 saturated carbocycles. The Morgan fingerprint density at radius 3 is 1.86 bits per heavy atom. The molecule has 1 fully saturated rings. The van der Waals surface area contributed by atoms with Gasteiger partial charge in [-0.2, -0.15) is 8.42 Å². The van der Waals surface area contributed by atoms with Gasteiger partial charge in [0.05, 0.1) is 25.4 Å². The van der Waals surface area contributed by atoms with Crippen LogP contribution >= 0.6 is 0 Å². The zero-order valence-corrected chi connectivity index (χ0v) is 30.7. The normalized spacial score (nSPS) is 23.5. The minimum atomic E-state index is -5.09. The predicted molar refractivity (Wildman–Crippen MR) is 187 cm³/mol. The molecule has 7 N–H and O–H groups in total. The van der Waals surface area contributed by atoms with Crippen LogP contribution in [0.25, 0.3) is 0 Å². The number of rotatable bonds is 30. The summed E-state index contributed by atoms with van der Waals surface area (Å²) in [5, 5.41) is 54.3. The summed E-state index contributed by atoms with van der Waals surface area (Å²) in [7, 11) is -5.09. The molecule has 0 radical (unpaired) electrons.